The monoisotopic (exact) mass is 276 g/mol. The van der Waals surface area contributed by atoms with Gasteiger partial charge in [0.15, 0.2) is 0 Å². The zero-order valence-electron chi connectivity index (χ0n) is 11.7. The van der Waals surface area contributed by atoms with Crippen molar-refractivity contribution in [3.63, 3.8) is 0 Å². The first kappa shape index (κ1) is 14.6. The molecule has 2 rings (SSSR count). The fourth-order valence-electron chi connectivity index (χ4n) is 2.49. The van der Waals surface area contributed by atoms with E-state index in [9.17, 15) is 9.59 Å². The molecule has 0 aromatic heterocycles. The molecule has 0 unspecified atom stereocenters. The largest absolute Gasteiger partial charge is 0.497 e. The number of esters is 1. The molecule has 0 N–H and O–H groups in total. The lowest BCUT2D eigenvalue weighted by Gasteiger charge is -2.23. The predicted molar refractivity (Wildman–Crippen MR) is 74.3 cm³/mol. The Labute approximate surface area is 119 Å². The number of benzene rings is 1. The summed E-state index contributed by atoms with van der Waals surface area (Å²) in [6, 6.07) is 7.46. The molecule has 0 atom stereocenters. The summed E-state index contributed by atoms with van der Waals surface area (Å²) >= 11 is 0. The Balaban J connectivity index is 1.78. The van der Waals surface area contributed by atoms with E-state index < -0.39 is 0 Å². The van der Waals surface area contributed by atoms with Crippen LogP contribution in [0.2, 0.25) is 0 Å². The van der Waals surface area contributed by atoms with Crippen LogP contribution in [0.5, 0.6) is 5.75 Å². The molecule has 0 aliphatic heterocycles. The molecular weight excluding hydrogens is 256 g/mol. The van der Waals surface area contributed by atoms with Crippen LogP contribution in [0.1, 0.15) is 31.2 Å². The second-order valence-electron chi connectivity index (χ2n) is 5.20. The highest BCUT2D eigenvalue weighted by atomic mass is 16.5. The second-order valence-corrected chi connectivity index (χ2v) is 5.20. The summed E-state index contributed by atoms with van der Waals surface area (Å²) in [6.45, 7) is 0.288. The van der Waals surface area contributed by atoms with Crippen molar-refractivity contribution in [3.05, 3.63) is 29.8 Å². The van der Waals surface area contributed by atoms with E-state index in [0.29, 0.717) is 0 Å². The topological polar surface area (TPSA) is 52.6 Å². The number of aldehydes is 1. The van der Waals surface area contributed by atoms with Gasteiger partial charge >= 0.3 is 5.97 Å². The molecule has 1 aliphatic carbocycles. The minimum atomic E-state index is -0.148. The molecule has 20 heavy (non-hydrogen) atoms. The number of hydrogen-bond acceptors (Lipinski definition) is 4. The maximum atomic E-state index is 12.0. The highest BCUT2D eigenvalue weighted by Crippen LogP contribution is 2.28. The van der Waals surface area contributed by atoms with Crippen molar-refractivity contribution >= 4 is 12.3 Å². The first-order valence-electron chi connectivity index (χ1n) is 6.97. The highest BCUT2D eigenvalue weighted by molar-refractivity contribution is 5.72. The SMILES string of the molecule is COc1ccc(COC(=O)C2CCC(C=O)CC2)cc1. The zero-order chi connectivity index (χ0) is 14.4. The van der Waals surface area contributed by atoms with E-state index in [-0.39, 0.29) is 24.4 Å². The fraction of sp³-hybridized carbons (Fsp3) is 0.500. The van der Waals surface area contributed by atoms with Gasteiger partial charge in [-0.15, -0.1) is 0 Å². The van der Waals surface area contributed by atoms with E-state index in [2.05, 4.69) is 0 Å². The molecule has 1 aromatic carbocycles. The van der Waals surface area contributed by atoms with Crippen molar-refractivity contribution in [1.82, 2.24) is 0 Å². The summed E-state index contributed by atoms with van der Waals surface area (Å²) in [5, 5.41) is 0. The predicted octanol–water partition coefficient (Wildman–Crippen LogP) is 2.74. The molecule has 0 spiro atoms. The van der Waals surface area contributed by atoms with Gasteiger partial charge in [-0.05, 0) is 43.4 Å². The summed E-state index contributed by atoms with van der Waals surface area (Å²) in [7, 11) is 1.62. The van der Waals surface area contributed by atoms with Crippen LogP contribution in [-0.2, 0) is 20.9 Å². The van der Waals surface area contributed by atoms with Crippen LogP contribution < -0.4 is 4.74 Å². The molecule has 0 radical (unpaired) electrons. The normalized spacial score (nSPS) is 22.1. The lowest BCUT2D eigenvalue weighted by Crippen LogP contribution is -2.24. The van der Waals surface area contributed by atoms with Crippen LogP contribution in [0.4, 0.5) is 0 Å². The maximum Gasteiger partial charge on any atom is 0.309 e. The van der Waals surface area contributed by atoms with Gasteiger partial charge in [0, 0.05) is 5.92 Å². The fourth-order valence-corrected chi connectivity index (χ4v) is 2.49. The molecule has 4 heteroatoms. The van der Waals surface area contributed by atoms with Crippen LogP contribution in [0.15, 0.2) is 24.3 Å². The minimum absolute atomic E-state index is 0.0514. The number of ether oxygens (including phenoxy) is 2. The van der Waals surface area contributed by atoms with Gasteiger partial charge in [0.05, 0.1) is 13.0 Å². The Kier molecular flexibility index (Phi) is 5.16. The Morgan fingerprint density at radius 3 is 2.40 bits per heavy atom. The molecular formula is C16H20O4. The quantitative estimate of drug-likeness (QED) is 0.613. The van der Waals surface area contributed by atoms with Crippen LogP contribution in [-0.4, -0.2) is 19.4 Å². The Bertz CT molecular complexity index is 444. The van der Waals surface area contributed by atoms with Gasteiger partial charge in [0.1, 0.15) is 18.6 Å². The summed E-state index contributed by atoms with van der Waals surface area (Å²) in [5.74, 6) is 0.711. The third-order valence-corrected chi connectivity index (χ3v) is 3.84. The summed E-state index contributed by atoms with van der Waals surface area (Å²) in [5.41, 5.74) is 0.945. The van der Waals surface area contributed by atoms with E-state index in [1.54, 1.807) is 7.11 Å². The van der Waals surface area contributed by atoms with E-state index in [1.807, 2.05) is 24.3 Å². The van der Waals surface area contributed by atoms with Gasteiger partial charge in [-0.25, -0.2) is 0 Å². The minimum Gasteiger partial charge on any atom is -0.497 e. The summed E-state index contributed by atoms with van der Waals surface area (Å²) in [4.78, 5) is 22.6. The first-order valence-corrected chi connectivity index (χ1v) is 6.97. The van der Waals surface area contributed by atoms with Crippen LogP contribution >= 0.6 is 0 Å². The third-order valence-electron chi connectivity index (χ3n) is 3.84. The second kappa shape index (κ2) is 7.08. The third kappa shape index (κ3) is 3.83. The molecule has 1 fully saturated rings. The molecule has 0 bridgehead atoms. The van der Waals surface area contributed by atoms with Crippen molar-refractivity contribution in [1.29, 1.82) is 0 Å². The standard InChI is InChI=1S/C16H20O4/c1-19-15-8-4-13(5-9-15)11-20-16(18)14-6-2-12(10-17)3-7-14/h4-5,8-10,12,14H,2-3,6-7,11H2,1H3. The van der Waals surface area contributed by atoms with Gasteiger partial charge in [-0.3, -0.25) is 4.79 Å². The number of carbonyl (C=O) groups is 2. The number of rotatable bonds is 5. The van der Waals surface area contributed by atoms with Crippen molar-refractivity contribution < 1.29 is 19.1 Å². The van der Waals surface area contributed by atoms with E-state index in [4.69, 9.17) is 9.47 Å². The molecule has 108 valence electrons. The van der Waals surface area contributed by atoms with Crippen LogP contribution in [0.3, 0.4) is 0 Å². The number of hydrogen-bond donors (Lipinski definition) is 0. The Hall–Kier alpha value is -1.84. The molecule has 1 saturated carbocycles. The first-order chi connectivity index (χ1) is 9.72. The lowest BCUT2D eigenvalue weighted by molar-refractivity contribution is -0.151. The van der Waals surface area contributed by atoms with E-state index >= 15 is 0 Å². The average Bonchev–Trinajstić information content (AvgIpc) is 2.53. The van der Waals surface area contributed by atoms with Gasteiger partial charge in [-0.1, -0.05) is 12.1 Å². The van der Waals surface area contributed by atoms with Gasteiger partial charge < -0.3 is 14.3 Å². The van der Waals surface area contributed by atoms with Crippen molar-refractivity contribution in [2.24, 2.45) is 11.8 Å². The Morgan fingerprint density at radius 2 is 1.85 bits per heavy atom. The Morgan fingerprint density at radius 1 is 1.20 bits per heavy atom. The van der Waals surface area contributed by atoms with Gasteiger partial charge in [-0.2, -0.15) is 0 Å². The van der Waals surface area contributed by atoms with E-state index in [1.165, 1.54) is 0 Å². The molecule has 0 amide bonds. The molecule has 0 saturated heterocycles. The average molecular weight is 276 g/mol. The van der Waals surface area contributed by atoms with Crippen LogP contribution in [0.25, 0.3) is 0 Å². The molecule has 4 nitrogen and oxygen atoms in total. The number of carbonyl (C=O) groups excluding carboxylic acids is 2. The smallest absolute Gasteiger partial charge is 0.309 e. The summed E-state index contributed by atoms with van der Waals surface area (Å²) < 4.78 is 10.4. The van der Waals surface area contributed by atoms with Crippen molar-refractivity contribution in [2.75, 3.05) is 7.11 Å². The van der Waals surface area contributed by atoms with Gasteiger partial charge in [0.25, 0.3) is 0 Å². The maximum absolute atomic E-state index is 12.0. The molecule has 1 aliphatic rings. The summed E-state index contributed by atoms with van der Waals surface area (Å²) in [6.07, 6.45) is 4.10. The van der Waals surface area contributed by atoms with Crippen molar-refractivity contribution in [3.8, 4) is 5.75 Å². The number of methoxy groups -OCH3 is 1. The van der Waals surface area contributed by atoms with Crippen molar-refractivity contribution in [2.45, 2.75) is 32.3 Å². The van der Waals surface area contributed by atoms with Gasteiger partial charge in [0.2, 0.25) is 0 Å². The van der Waals surface area contributed by atoms with E-state index in [0.717, 1.165) is 43.3 Å². The zero-order valence-corrected chi connectivity index (χ0v) is 11.7. The lowest BCUT2D eigenvalue weighted by atomic mass is 9.83. The molecule has 0 heterocycles. The highest BCUT2D eigenvalue weighted by Gasteiger charge is 2.27. The van der Waals surface area contributed by atoms with Crippen LogP contribution in [0, 0.1) is 11.8 Å². The molecule has 1 aromatic rings.